The molecule has 0 aromatic heterocycles. The van der Waals surface area contributed by atoms with Crippen LogP contribution in [0.15, 0.2) is 30.3 Å². The summed E-state index contributed by atoms with van der Waals surface area (Å²) in [5.41, 5.74) is 1.14. The molecule has 0 saturated heterocycles. The van der Waals surface area contributed by atoms with Gasteiger partial charge in [0, 0.05) is 50.7 Å². The highest BCUT2D eigenvalue weighted by molar-refractivity contribution is 6.60. The number of rotatable bonds is 13. The number of hydrogen-bond donors (Lipinski definition) is 2. The fourth-order valence-corrected chi connectivity index (χ4v) is 5.31. The Morgan fingerprint density at radius 3 is 2.00 bits per heavy atom. The van der Waals surface area contributed by atoms with Crippen molar-refractivity contribution in [1.82, 2.24) is 5.32 Å². The highest BCUT2D eigenvalue weighted by Gasteiger charge is 2.41. The summed E-state index contributed by atoms with van der Waals surface area (Å²) in [5, 5.41) is 6.91. The van der Waals surface area contributed by atoms with Crippen LogP contribution in [0.4, 0.5) is 5.69 Å². The maximum atomic E-state index is 5.90. The van der Waals surface area contributed by atoms with Crippen LogP contribution in [0.25, 0.3) is 0 Å². The van der Waals surface area contributed by atoms with Crippen molar-refractivity contribution in [2.75, 3.05) is 38.2 Å². The van der Waals surface area contributed by atoms with E-state index in [1.54, 1.807) is 0 Å². The van der Waals surface area contributed by atoms with E-state index in [4.69, 9.17) is 13.3 Å². The molecule has 132 valence electrons. The molecule has 2 N–H and O–H groups in total. The van der Waals surface area contributed by atoms with E-state index in [1.165, 1.54) is 0 Å². The van der Waals surface area contributed by atoms with Crippen LogP contribution in [0.3, 0.4) is 0 Å². The molecule has 0 saturated carbocycles. The van der Waals surface area contributed by atoms with Crippen molar-refractivity contribution in [3.8, 4) is 0 Å². The third-order valence-electron chi connectivity index (χ3n) is 3.37. The Morgan fingerprint density at radius 2 is 1.48 bits per heavy atom. The van der Waals surface area contributed by atoms with Gasteiger partial charge in [-0.05, 0) is 39.8 Å². The Morgan fingerprint density at radius 1 is 0.913 bits per heavy atom. The minimum Gasteiger partial charge on any atom is -0.384 e. The summed E-state index contributed by atoms with van der Waals surface area (Å²) >= 11 is 0. The van der Waals surface area contributed by atoms with Crippen molar-refractivity contribution >= 4 is 14.5 Å². The first kappa shape index (κ1) is 20.1. The van der Waals surface area contributed by atoms with Gasteiger partial charge in [0.25, 0.3) is 0 Å². The van der Waals surface area contributed by atoms with E-state index in [-0.39, 0.29) is 6.04 Å². The third kappa shape index (κ3) is 7.94. The second-order valence-corrected chi connectivity index (χ2v) is 7.97. The highest BCUT2D eigenvalue weighted by Crippen LogP contribution is 2.18. The molecule has 1 aromatic rings. The van der Waals surface area contributed by atoms with Gasteiger partial charge in [0.1, 0.15) is 0 Å². The number of hydrogen-bond acceptors (Lipinski definition) is 5. The van der Waals surface area contributed by atoms with Crippen molar-refractivity contribution in [2.45, 2.75) is 39.8 Å². The van der Waals surface area contributed by atoms with Crippen molar-refractivity contribution in [1.29, 1.82) is 0 Å². The zero-order valence-corrected chi connectivity index (χ0v) is 15.9. The fraction of sp³-hybridized carbons (Fsp3) is 0.647. The molecule has 5 nitrogen and oxygen atoms in total. The van der Waals surface area contributed by atoms with E-state index >= 15 is 0 Å². The zero-order valence-electron chi connectivity index (χ0n) is 14.9. The minimum absolute atomic E-state index is 0.281. The first-order chi connectivity index (χ1) is 11.2. The number of anilines is 1. The highest BCUT2D eigenvalue weighted by atomic mass is 28.4. The van der Waals surface area contributed by atoms with Crippen LogP contribution in [0, 0.1) is 0 Å². The average molecular weight is 341 g/mol. The summed E-state index contributed by atoms with van der Waals surface area (Å²) in [7, 11) is -2.57. The van der Waals surface area contributed by atoms with Crippen LogP contribution in [0.1, 0.15) is 27.7 Å². The van der Waals surface area contributed by atoms with Gasteiger partial charge in [-0.25, -0.2) is 0 Å². The molecule has 23 heavy (non-hydrogen) atoms. The van der Waals surface area contributed by atoms with E-state index in [1.807, 2.05) is 39.0 Å². The molecule has 1 aromatic carbocycles. The van der Waals surface area contributed by atoms with Crippen LogP contribution in [0.2, 0.25) is 6.04 Å². The van der Waals surface area contributed by atoms with Crippen LogP contribution in [0.5, 0.6) is 0 Å². The second-order valence-electron chi connectivity index (χ2n) is 5.33. The number of para-hydroxylation sites is 1. The van der Waals surface area contributed by atoms with Crippen LogP contribution in [-0.2, 0) is 13.3 Å². The summed E-state index contributed by atoms with van der Waals surface area (Å²) in [6.07, 6.45) is 0. The van der Waals surface area contributed by atoms with E-state index in [9.17, 15) is 0 Å². The summed E-state index contributed by atoms with van der Waals surface area (Å²) in [4.78, 5) is 0. The largest absolute Gasteiger partial charge is 0.502 e. The number of benzene rings is 1. The van der Waals surface area contributed by atoms with Gasteiger partial charge in [0.2, 0.25) is 0 Å². The van der Waals surface area contributed by atoms with Gasteiger partial charge in [-0.15, -0.1) is 0 Å². The molecule has 6 heteroatoms. The molecule has 0 aliphatic heterocycles. The topological polar surface area (TPSA) is 51.8 Å². The van der Waals surface area contributed by atoms with Crippen LogP contribution < -0.4 is 10.6 Å². The fourth-order valence-electron chi connectivity index (χ4n) is 2.49. The molecule has 0 aliphatic carbocycles. The summed E-state index contributed by atoms with van der Waals surface area (Å²) in [5.74, 6) is 0. The normalized spacial score (nSPS) is 13.0. The molecule has 0 aliphatic rings. The smallest absolute Gasteiger partial charge is 0.384 e. The zero-order chi connectivity index (χ0) is 17.0. The Labute approximate surface area is 142 Å². The van der Waals surface area contributed by atoms with Gasteiger partial charge in [-0.2, -0.15) is 0 Å². The predicted octanol–water partition coefficient (Wildman–Crippen LogP) is 3.13. The molecule has 1 unspecified atom stereocenters. The van der Waals surface area contributed by atoms with Gasteiger partial charge >= 0.3 is 8.80 Å². The van der Waals surface area contributed by atoms with Crippen molar-refractivity contribution in [3.63, 3.8) is 0 Å². The standard InChI is InChI=1S/C17H32N2O3Si/c1-5-20-23(21-6-2,22-7-3)15-16(4)18-13-14-19-17-11-9-8-10-12-17/h8-12,16,18-19H,5-7,13-15H2,1-4H3. The lowest BCUT2D eigenvalue weighted by molar-refractivity contribution is 0.0691. The van der Waals surface area contributed by atoms with E-state index in [0.29, 0.717) is 19.8 Å². The Kier molecular flexibility index (Phi) is 10.1. The Balaban J connectivity index is 2.37. The molecule has 0 radical (unpaired) electrons. The average Bonchev–Trinajstić information content (AvgIpc) is 2.53. The molecule has 0 spiro atoms. The molecule has 0 heterocycles. The van der Waals surface area contributed by atoms with Crippen molar-refractivity contribution in [2.24, 2.45) is 0 Å². The van der Waals surface area contributed by atoms with Gasteiger partial charge in [0.15, 0.2) is 0 Å². The first-order valence-corrected chi connectivity index (χ1v) is 10.5. The molecule has 1 rings (SSSR count). The Bertz CT molecular complexity index is 389. The van der Waals surface area contributed by atoms with E-state index in [2.05, 4.69) is 29.7 Å². The molecular formula is C17H32N2O3Si. The SMILES string of the molecule is CCO[Si](CC(C)NCCNc1ccccc1)(OCC)OCC. The summed E-state index contributed by atoms with van der Waals surface area (Å²) in [6.45, 7) is 11.7. The molecule has 0 fully saturated rings. The number of nitrogens with one attached hydrogen (secondary N) is 2. The maximum Gasteiger partial charge on any atom is 0.502 e. The van der Waals surface area contributed by atoms with Crippen molar-refractivity contribution < 1.29 is 13.3 Å². The van der Waals surface area contributed by atoms with E-state index < -0.39 is 8.80 Å². The lowest BCUT2D eigenvalue weighted by Crippen LogP contribution is -2.50. The van der Waals surface area contributed by atoms with E-state index in [0.717, 1.165) is 24.8 Å². The molecular weight excluding hydrogens is 308 g/mol. The van der Waals surface area contributed by atoms with Crippen molar-refractivity contribution in [3.05, 3.63) is 30.3 Å². The lowest BCUT2D eigenvalue weighted by Gasteiger charge is -2.31. The monoisotopic (exact) mass is 340 g/mol. The molecule has 1 atom stereocenters. The third-order valence-corrected chi connectivity index (χ3v) is 6.67. The van der Waals surface area contributed by atoms with Gasteiger partial charge in [0.05, 0.1) is 0 Å². The summed E-state index contributed by atoms with van der Waals surface area (Å²) in [6, 6.07) is 11.3. The van der Waals surface area contributed by atoms with Crippen LogP contribution in [-0.4, -0.2) is 47.8 Å². The van der Waals surface area contributed by atoms with Crippen LogP contribution >= 0.6 is 0 Å². The molecule has 0 amide bonds. The second kappa shape index (κ2) is 11.6. The Hall–Kier alpha value is -0.923. The summed E-state index contributed by atoms with van der Waals surface area (Å²) < 4.78 is 17.7. The first-order valence-electron chi connectivity index (χ1n) is 8.60. The van der Waals surface area contributed by atoms with Gasteiger partial charge in [-0.1, -0.05) is 18.2 Å². The predicted molar refractivity (Wildman–Crippen MR) is 97.8 cm³/mol. The van der Waals surface area contributed by atoms with Gasteiger partial charge < -0.3 is 23.9 Å². The minimum atomic E-state index is -2.57. The lowest BCUT2D eigenvalue weighted by atomic mass is 10.3. The van der Waals surface area contributed by atoms with Gasteiger partial charge in [-0.3, -0.25) is 0 Å². The maximum absolute atomic E-state index is 5.90. The quantitative estimate of drug-likeness (QED) is 0.427. The molecule has 0 bridgehead atoms.